The van der Waals surface area contributed by atoms with E-state index in [1.165, 1.54) is 0 Å². The third-order valence-electron chi connectivity index (χ3n) is 1.01. The predicted octanol–water partition coefficient (Wildman–Crippen LogP) is -0.215. The van der Waals surface area contributed by atoms with Crippen molar-refractivity contribution in [2.75, 3.05) is 6.61 Å². The summed E-state index contributed by atoms with van der Waals surface area (Å²) in [4.78, 5) is 26.9. The lowest BCUT2D eigenvalue weighted by Crippen LogP contribution is -2.02. The van der Waals surface area contributed by atoms with Crippen molar-refractivity contribution in [3.05, 3.63) is 0 Å². The van der Waals surface area contributed by atoms with Gasteiger partial charge in [-0.1, -0.05) is 0 Å². The van der Waals surface area contributed by atoms with Crippen LogP contribution in [-0.2, 0) is 13.9 Å². The summed E-state index contributed by atoms with van der Waals surface area (Å²) in [5.74, 6) is -0.947. The zero-order chi connectivity index (χ0) is 9.61. The molecule has 6 nitrogen and oxygen atoms in total. The first-order valence-corrected chi connectivity index (χ1v) is 4.87. The molecule has 0 amide bonds. The molecule has 0 atom stereocenters. The SMILES string of the molecule is O=C(CCCCO)OP(=O)(O)O. The zero-order valence-corrected chi connectivity index (χ0v) is 7.24. The molecule has 0 radical (unpaired) electrons. The van der Waals surface area contributed by atoms with Gasteiger partial charge in [0, 0.05) is 13.0 Å². The van der Waals surface area contributed by atoms with Gasteiger partial charge in [-0.15, -0.1) is 0 Å². The lowest BCUT2D eigenvalue weighted by Gasteiger charge is -2.03. The van der Waals surface area contributed by atoms with Crippen LogP contribution in [0, 0.1) is 0 Å². The Hall–Kier alpha value is -0.420. The fourth-order valence-corrected chi connectivity index (χ4v) is 0.916. The average Bonchev–Trinajstić information content (AvgIpc) is 1.84. The number of rotatable bonds is 5. The summed E-state index contributed by atoms with van der Waals surface area (Å²) in [6.45, 7) is -0.0524. The highest BCUT2D eigenvalue weighted by Gasteiger charge is 2.19. The van der Waals surface area contributed by atoms with Crippen molar-refractivity contribution in [2.45, 2.75) is 19.3 Å². The average molecular weight is 198 g/mol. The first kappa shape index (κ1) is 11.6. The number of aliphatic hydroxyl groups excluding tert-OH is 1. The minimum Gasteiger partial charge on any atom is -0.396 e. The normalized spacial score (nSPS) is 11.2. The molecule has 0 unspecified atom stereocenters. The summed E-state index contributed by atoms with van der Waals surface area (Å²) in [5.41, 5.74) is 0. The summed E-state index contributed by atoms with van der Waals surface area (Å²) in [6, 6.07) is 0. The van der Waals surface area contributed by atoms with Gasteiger partial charge in [0.1, 0.15) is 0 Å². The van der Waals surface area contributed by atoms with Crippen LogP contribution in [0.1, 0.15) is 19.3 Å². The van der Waals surface area contributed by atoms with E-state index in [9.17, 15) is 9.36 Å². The summed E-state index contributed by atoms with van der Waals surface area (Å²) in [5, 5.41) is 8.31. The van der Waals surface area contributed by atoms with Crippen molar-refractivity contribution >= 4 is 13.8 Å². The van der Waals surface area contributed by atoms with E-state index in [1.54, 1.807) is 0 Å². The molecule has 0 aromatic carbocycles. The molecular formula is C5H11O6P. The number of unbranched alkanes of at least 4 members (excludes halogenated alkanes) is 1. The van der Waals surface area contributed by atoms with E-state index in [0.717, 1.165) is 0 Å². The van der Waals surface area contributed by atoms with Crippen molar-refractivity contribution in [3.8, 4) is 0 Å². The Labute approximate surface area is 69.4 Å². The maximum atomic E-state index is 10.5. The highest BCUT2D eigenvalue weighted by atomic mass is 31.2. The Morgan fingerprint density at radius 1 is 1.33 bits per heavy atom. The van der Waals surface area contributed by atoms with Gasteiger partial charge in [-0.05, 0) is 12.8 Å². The number of aliphatic hydroxyl groups is 1. The van der Waals surface area contributed by atoms with Gasteiger partial charge >= 0.3 is 13.8 Å². The van der Waals surface area contributed by atoms with Gasteiger partial charge in [-0.3, -0.25) is 14.6 Å². The minimum absolute atomic E-state index is 0.0524. The maximum Gasteiger partial charge on any atom is 0.526 e. The molecular weight excluding hydrogens is 187 g/mol. The Morgan fingerprint density at radius 3 is 2.33 bits per heavy atom. The van der Waals surface area contributed by atoms with Gasteiger partial charge in [0.25, 0.3) is 0 Å². The zero-order valence-electron chi connectivity index (χ0n) is 6.34. The van der Waals surface area contributed by atoms with E-state index < -0.39 is 13.8 Å². The van der Waals surface area contributed by atoms with E-state index in [2.05, 4.69) is 4.52 Å². The first-order chi connectivity index (χ1) is 5.45. The molecule has 0 aromatic rings. The molecule has 0 rings (SSSR count). The molecule has 0 heterocycles. The highest BCUT2D eigenvalue weighted by Crippen LogP contribution is 2.36. The lowest BCUT2D eigenvalue weighted by atomic mass is 10.2. The third-order valence-corrected chi connectivity index (χ3v) is 1.45. The summed E-state index contributed by atoms with van der Waals surface area (Å²) in [6.07, 6.45) is 0.678. The van der Waals surface area contributed by atoms with Crippen molar-refractivity contribution in [3.63, 3.8) is 0 Å². The Bertz CT molecular complexity index is 184. The molecule has 0 bridgehead atoms. The van der Waals surface area contributed by atoms with Crippen LogP contribution in [0.2, 0.25) is 0 Å². The Balaban J connectivity index is 3.54. The number of carbonyl (C=O) groups excluding carboxylic acids is 1. The van der Waals surface area contributed by atoms with Crippen molar-refractivity contribution in [1.29, 1.82) is 0 Å². The quantitative estimate of drug-likeness (QED) is 0.417. The fraction of sp³-hybridized carbons (Fsp3) is 0.800. The van der Waals surface area contributed by atoms with Gasteiger partial charge < -0.3 is 9.63 Å². The molecule has 0 aromatic heterocycles. The molecule has 0 saturated heterocycles. The second-order valence-electron chi connectivity index (χ2n) is 2.13. The minimum atomic E-state index is -4.68. The summed E-state index contributed by atoms with van der Waals surface area (Å²) in [7, 11) is -4.68. The molecule has 0 fully saturated rings. The standard InChI is InChI=1S/C5H11O6P/c6-4-2-1-3-5(7)11-12(8,9)10/h6H,1-4H2,(H2,8,9,10). The van der Waals surface area contributed by atoms with Crippen LogP contribution >= 0.6 is 7.82 Å². The summed E-state index contributed by atoms with van der Waals surface area (Å²) >= 11 is 0. The molecule has 0 aliphatic carbocycles. The van der Waals surface area contributed by atoms with E-state index in [4.69, 9.17) is 14.9 Å². The van der Waals surface area contributed by atoms with Crippen LogP contribution in [0.25, 0.3) is 0 Å². The number of hydrogen-bond acceptors (Lipinski definition) is 4. The summed E-state index contributed by atoms with van der Waals surface area (Å²) < 4.78 is 13.8. The van der Waals surface area contributed by atoms with Gasteiger partial charge in [0.2, 0.25) is 0 Å². The third kappa shape index (κ3) is 7.68. The molecule has 72 valence electrons. The second-order valence-corrected chi connectivity index (χ2v) is 3.30. The van der Waals surface area contributed by atoms with Gasteiger partial charge in [0.05, 0.1) is 0 Å². The van der Waals surface area contributed by atoms with Crippen molar-refractivity contribution in [2.24, 2.45) is 0 Å². The van der Waals surface area contributed by atoms with Crippen LogP contribution < -0.4 is 0 Å². The molecule has 3 N–H and O–H groups in total. The van der Waals surface area contributed by atoms with Crippen LogP contribution in [0.4, 0.5) is 0 Å². The molecule has 0 spiro atoms. The molecule has 0 saturated carbocycles. The van der Waals surface area contributed by atoms with E-state index in [-0.39, 0.29) is 13.0 Å². The number of carbonyl (C=O) groups is 1. The van der Waals surface area contributed by atoms with Gasteiger partial charge in [-0.25, -0.2) is 4.57 Å². The van der Waals surface area contributed by atoms with Crippen LogP contribution in [0.3, 0.4) is 0 Å². The molecule has 12 heavy (non-hydrogen) atoms. The number of hydrogen-bond donors (Lipinski definition) is 3. The lowest BCUT2D eigenvalue weighted by molar-refractivity contribution is -0.135. The van der Waals surface area contributed by atoms with Gasteiger partial charge in [-0.2, -0.15) is 0 Å². The van der Waals surface area contributed by atoms with E-state index in [0.29, 0.717) is 12.8 Å². The van der Waals surface area contributed by atoms with Gasteiger partial charge in [0.15, 0.2) is 0 Å². The smallest absolute Gasteiger partial charge is 0.396 e. The van der Waals surface area contributed by atoms with Crippen molar-refractivity contribution < 1.29 is 28.8 Å². The molecule has 0 aliphatic heterocycles. The number of phosphoric ester groups is 1. The molecule has 0 aliphatic rings. The van der Waals surface area contributed by atoms with E-state index in [1.807, 2.05) is 0 Å². The Kier molecular flexibility index (Phi) is 5.08. The van der Waals surface area contributed by atoms with Crippen LogP contribution in [0.5, 0.6) is 0 Å². The first-order valence-electron chi connectivity index (χ1n) is 3.34. The topological polar surface area (TPSA) is 104 Å². The van der Waals surface area contributed by atoms with Crippen LogP contribution in [-0.4, -0.2) is 27.5 Å². The Morgan fingerprint density at radius 2 is 1.92 bits per heavy atom. The largest absolute Gasteiger partial charge is 0.526 e. The highest BCUT2D eigenvalue weighted by molar-refractivity contribution is 7.46. The number of phosphoric acid groups is 1. The fourth-order valence-electron chi connectivity index (χ4n) is 0.559. The van der Waals surface area contributed by atoms with Crippen LogP contribution in [0.15, 0.2) is 0 Å². The molecule has 7 heteroatoms. The monoisotopic (exact) mass is 198 g/mol. The predicted molar refractivity (Wildman–Crippen MR) is 39.1 cm³/mol. The second kappa shape index (κ2) is 5.27. The van der Waals surface area contributed by atoms with Crippen molar-refractivity contribution in [1.82, 2.24) is 0 Å². The maximum absolute atomic E-state index is 10.5. The van der Waals surface area contributed by atoms with E-state index >= 15 is 0 Å².